The van der Waals surface area contributed by atoms with Gasteiger partial charge in [-0.3, -0.25) is 0 Å². The van der Waals surface area contributed by atoms with Crippen LogP contribution in [0.3, 0.4) is 0 Å². The number of nitrogens with one attached hydrogen (secondary N) is 1. The van der Waals surface area contributed by atoms with Crippen molar-refractivity contribution in [2.45, 2.75) is 13.0 Å². The zero-order valence-corrected chi connectivity index (χ0v) is 11.3. The average molecular weight is 274 g/mol. The van der Waals surface area contributed by atoms with Crippen molar-refractivity contribution in [2.75, 3.05) is 37.6 Å². The van der Waals surface area contributed by atoms with E-state index in [0.717, 1.165) is 11.4 Å². The number of benzene rings is 1. The van der Waals surface area contributed by atoms with Crippen LogP contribution in [0.25, 0.3) is 0 Å². The summed E-state index contributed by atoms with van der Waals surface area (Å²) in [6.45, 7) is 4.18. The largest absolute Gasteiger partial charge is 0.491 e. The zero-order chi connectivity index (χ0) is 13.2. The maximum atomic E-state index is 9.35. The molecule has 18 heavy (non-hydrogen) atoms. The van der Waals surface area contributed by atoms with Gasteiger partial charge in [0.15, 0.2) is 0 Å². The summed E-state index contributed by atoms with van der Waals surface area (Å²) in [4.78, 5) is 0. The van der Waals surface area contributed by atoms with Crippen molar-refractivity contribution in [2.24, 2.45) is 0 Å². The summed E-state index contributed by atoms with van der Waals surface area (Å²) in [7, 11) is 0. The Balaban J connectivity index is 2.36. The summed E-state index contributed by atoms with van der Waals surface area (Å²) in [5, 5.41) is 12.4. The summed E-state index contributed by atoms with van der Waals surface area (Å²) < 4.78 is 10.7. The second-order valence-electron chi connectivity index (χ2n) is 3.76. The minimum atomic E-state index is -0.547. The third kappa shape index (κ3) is 6.10. The van der Waals surface area contributed by atoms with Crippen molar-refractivity contribution in [1.82, 2.24) is 0 Å². The third-order valence-electron chi connectivity index (χ3n) is 2.25. The molecule has 102 valence electrons. The van der Waals surface area contributed by atoms with Crippen molar-refractivity contribution in [3.63, 3.8) is 0 Å². The molecule has 0 aliphatic rings. The molecular formula is C13H20ClNO3. The first-order valence-corrected chi connectivity index (χ1v) is 6.58. The first-order valence-electron chi connectivity index (χ1n) is 6.04. The number of alkyl halides is 1. The molecule has 1 rings (SSSR count). The monoisotopic (exact) mass is 273 g/mol. The molecule has 0 fully saturated rings. The van der Waals surface area contributed by atoms with Crippen LogP contribution in [0.2, 0.25) is 0 Å². The van der Waals surface area contributed by atoms with Crippen LogP contribution < -0.4 is 10.1 Å². The Morgan fingerprint density at radius 3 is 2.94 bits per heavy atom. The topological polar surface area (TPSA) is 50.7 Å². The summed E-state index contributed by atoms with van der Waals surface area (Å²) in [6, 6.07) is 7.57. The molecular weight excluding hydrogens is 254 g/mol. The summed E-state index contributed by atoms with van der Waals surface area (Å²) >= 11 is 5.52. The molecule has 2 N–H and O–H groups in total. The predicted molar refractivity (Wildman–Crippen MR) is 73.6 cm³/mol. The predicted octanol–water partition coefficient (Wildman–Crippen LogP) is 2.11. The highest BCUT2D eigenvalue weighted by Gasteiger charge is 2.02. The van der Waals surface area contributed by atoms with Gasteiger partial charge in [0.2, 0.25) is 0 Å². The molecule has 0 amide bonds. The number of anilines is 1. The molecule has 0 saturated heterocycles. The van der Waals surface area contributed by atoms with Gasteiger partial charge in [0.25, 0.3) is 0 Å². The highest BCUT2D eigenvalue weighted by Crippen LogP contribution is 2.17. The van der Waals surface area contributed by atoms with Gasteiger partial charge >= 0.3 is 0 Å². The minimum absolute atomic E-state index is 0.220. The fraction of sp³-hybridized carbons (Fsp3) is 0.538. The van der Waals surface area contributed by atoms with E-state index in [4.69, 9.17) is 21.1 Å². The van der Waals surface area contributed by atoms with Crippen LogP contribution in [0.5, 0.6) is 5.75 Å². The Morgan fingerprint density at radius 2 is 2.22 bits per heavy atom. The molecule has 5 heteroatoms. The van der Waals surface area contributed by atoms with Crippen molar-refractivity contribution in [3.8, 4) is 5.75 Å². The van der Waals surface area contributed by atoms with Crippen molar-refractivity contribution < 1.29 is 14.6 Å². The fourth-order valence-corrected chi connectivity index (χ4v) is 1.46. The van der Waals surface area contributed by atoms with Crippen molar-refractivity contribution in [3.05, 3.63) is 24.3 Å². The molecule has 0 saturated carbocycles. The summed E-state index contributed by atoms with van der Waals surface area (Å²) in [5.74, 6) is 0.998. The minimum Gasteiger partial charge on any atom is -0.491 e. The molecule has 1 aromatic carbocycles. The molecule has 1 aromatic rings. The number of rotatable bonds is 9. The fourth-order valence-electron chi connectivity index (χ4n) is 1.35. The highest BCUT2D eigenvalue weighted by molar-refractivity contribution is 6.18. The van der Waals surface area contributed by atoms with Crippen LogP contribution in [-0.2, 0) is 4.74 Å². The number of hydrogen-bond acceptors (Lipinski definition) is 4. The van der Waals surface area contributed by atoms with E-state index in [1.165, 1.54) is 0 Å². The molecule has 0 aliphatic heterocycles. The highest BCUT2D eigenvalue weighted by atomic mass is 35.5. The maximum absolute atomic E-state index is 9.35. The van der Waals surface area contributed by atoms with Gasteiger partial charge in [0.1, 0.15) is 12.4 Å². The van der Waals surface area contributed by atoms with E-state index in [1.807, 2.05) is 31.2 Å². The Kier molecular flexibility index (Phi) is 7.57. The number of halogens is 1. The molecule has 0 spiro atoms. The van der Waals surface area contributed by atoms with E-state index >= 15 is 0 Å². The Morgan fingerprint density at radius 1 is 1.39 bits per heavy atom. The number of ether oxygens (including phenoxy) is 2. The smallest absolute Gasteiger partial charge is 0.121 e. The third-order valence-corrected chi connectivity index (χ3v) is 2.61. The Labute approximate surface area is 113 Å². The Bertz CT molecular complexity index is 336. The molecule has 0 aliphatic carbocycles. The van der Waals surface area contributed by atoms with Crippen molar-refractivity contribution >= 4 is 17.3 Å². The van der Waals surface area contributed by atoms with E-state index in [-0.39, 0.29) is 5.88 Å². The SMILES string of the molecule is CCOCCOc1cccc(NCC(O)CCl)c1. The van der Waals surface area contributed by atoms with Gasteiger partial charge in [-0.2, -0.15) is 0 Å². The quantitative estimate of drug-likeness (QED) is 0.534. The van der Waals surface area contributed by atoms with E-state index in [0.29, 0.717) is 26.4 Å². The molecule has 0 aromatic heterocycles. The van der Waals surface area contributed by atoms with Crippen LogP contribution in [0.15, 0.2) is 24.3 Å². The molecule has 1 atom stereocenters. The van der Waals surface area contributed by atoms with Gasteiger partial charge in [-0.15, -0.1) is 11.6 Å². The first kappa shape index (κ1) is 15.1. The van der Waals surface area contributed by atoms with Crippen LogP contribution >= 0.6 is 11.6 Å². The summed E-state index contributed by atoms with van der Waals surface area (Å²) in [5.41, 5.74) is 0.896. The van der Waals surface area contributed by atoms with Crippen LogP contribution in [-0.4, -0.2) is 43.5 Å². The first-order chi connectivity index (χ1) is 8.76. The van der Waals surface area contributed by atoms with Crippen LogP contribution in [0.4, 0.5) is 5.69 Å². The van der Waals surface area contributed by atoms with Gasteiger partial charge in [-0.05, 0) is 19.1 Å². The van der Waals surface area contributed by atoms with Gasteiger partial charge in [-0.25, -0.2) is 0 Å². The Hall–Kier alpha value is -0.970. The zero-order valence-electron chi connectivity index (χ0n) is 10.6. The maximum Gasteiger partial charge on any atom is 0.121 e. The standard InChI is InChI=1S/C13H20ClNO3/c1-2-17-6-7-18-13-5-3-4-11(8-13)15-10-12(16)9-14/h3-5,8,12,15-16H,2,6-7,9-10H2,1H3. The molecule has 4 nitrogen and oxygen atoms in total. The van der Waals surface area contributed by atoms with Crippen molar-refractivity contribution in [1.29, 1.82) is 0 Å². The molecule has 0 heterocycles. The molecule has 0 bridgehead atoms. The van der Waals surface area contributed by atoms with E-state index in [9.17, 15) is 5.11 Å². The van der Waals surface area contributed by atoms with Crippen LogP contribution in [0.1, 0.15) is 6.92 Å². The lowest BCUT2D eigenvalue weighted by molar-refractivity contribution is 0.110. The summed E-state index contributed by atoms with van der Waals surface area (Å²) in [6.07, 6.45) is -0.547. The number of aliphatic hydroxyl groups excluding tert-OH is 1. The normalized spacial score (nSPS) is 12.2. The second-order valence-corrected chi connectivity index (χ2v) is 4.07. The van der Waals surface area contributed by atoms with Gasteiger partial charge in [-0.1, -0.05) is 6.07 Å². The lowest BCUT2D eigenvalue weighted by Gasteiger charge is -2.11. The van der Waals surface area contributed by atoms with E-state index < -0.39 is 6.10 Å². The number of aliphatic hydroxyl groups is 1. The van der Waals surface area contributed by atoms with Crippen LogP contribution in [0, 0.1) is 0 Å². The lowest BCUT2D eigenvalue weighted by Crippen LogP contribution is -2.20. The molecule has 0 radical (unpaired) electrons. The van der Waals surface area contributed by atoms with Gasteiger partial charge in [0, 0.05) is 24.9 Å². The van der Waals surface area contributed by atoms with Gasteiger partial charge < -0.3 is 19.9 Å². The van der Waals surface area contributed by atoms with E-state index in [1.54, 1.807) is 0 Å². The van der Waals surface area contributed by atoms with E-state index in [2.05, 4.69) is 5.32 Å². The average Bonchev–Trinajstić information content (AvgIpc) is 2.41. The lowest BCUT2D eigenvalue weighted by atomic mass is 10.3. The van der Waals surface area contributed by atoms with Gasteiger partial charge in [0.05, 0.1) is 18.6 Å². The second kappa shape index (κ2) is 9.03. The molecule has 1 unspecified atom stereocenters. The number of hydrogen-bond donors (Lipinski definition) is 2.